The summed E-state index contributed by atoms with van der Waals surface area (Å²) in [5.41, 5.74) is 5.37. The van der Waals surface area contributed by atoms with E-state index in [9.17, 15) is 19.7 Å². The Labute approximate surface area is 184 Å². The lowest BCUT2D eigenvalue weighted by Gasteiger charge is -2.06. The van der Waals surface area contributed by atoms with E-state index in [0.717, 1.165) is 17.4 Å². The Kier molecular flexibility index (Phi) is 7.35. The van der Waals surface area contributed by atoms with E-state index in [1.54, 1.807) is 7.11 Å². The summed E-state index contributed by atoms with van der Waals surface area (Å²) in [6.45, 7) is 0. The standard InChI is InChI=1S/C18H16N6O5S2/c1-29-14-4-2-3-12(9-14)19-17-22-23-18(31-17)30-10-15(25)20-21-16(26)11-5-7-13(8-6-11)24(27)28/h2-9H,10H2,1H3,(H,19,22)(H,20,25)(H,21,26). The van der Waals surface area contributed by atoms with Gasteiger partial charge in [0, 0.05) is 29.4 Å². The number of ether oxygens (including phenoxy) is 1. The van der Waals surface area contributed by atoms with Crippen molar-refractivity contribution in [2.24, 2.45) is 0 Å². The summed E-state index contributed by atoms with van der Waals surface area (Å²) >= 11 is 2.44. The lowest BCUT2D eigenvalue weighted by atomic mass is 10.2. The van der Waals surface area contributed by atoms with Crippen LogP contribution in [0.15, 0.2) is 52.9 Å². The molecular formula is C18H16N6O5S2. The van der Waals surface area contributed by atoms with Gasteiger partial charge >= 0.3 is 0 Å². The van der Waals surface area contributed by atoms with E-state index < -0.39 is 16.7 Å². The molecule has 160 valence electrons. The number of nitrogens with one attached hydrogen (secondary N) is 3. The minimum atomic E-state index is -0.589. The Hall–Kier alpha value is -3.71. The van der Waals surface area contributed by atoms with E-state index in [2.05, 4.69) is 26.4 Å². The summed E-state index contributed by atoms with van der Waals surface area (Å²) in [5.74, 6) is -0.322. The maximum Gasteiger partial charge on any atom is 0.269 e. The third kappa shape index (κ3) is 6.38. The van der Waals surface area contributed by atoms with Gasteiger partial charge in [0.15, 0.2) is 4.34 Å². The van der Waals surface area contributed by atoms with E-state index in [1.807, 2.05) is 24.3 Å². The van der Waals surface area contributed by atoms with E-state index >= 15 is 0 Å². The van der Waals surface area contributed by atoms with Crippen LogP contribution < -0.4 is 20.9 Å². The molecule has 3 N–H and O–H groups in total. The summed E-state index contributed by atoms with van der Waals surface area (Å²) in [4.78, 5) is 34.0. The first-order valence-electron chi connectivity index (χ1n) is 8.65. The third-order valence-electron chi connectivity index (χ3n) is 3.71. The van der Waals surface area contributed by atoms with E-state index in [4.69, 9.17) is 4.74 Å². The molecule has 13 heteroatoms. The molecule has 2 amide bonds. The normalized spacial score (nSPS) is 10.2. The predicted octanol–water partition coefficient (Wildman–Crippen LogP) is 2.75. The number of amides is 2. The quantitative estimate of drug-likeness (QED) is 0.262. The molecule has 0 fully saturated rings. The molecule has 11 nitrogen and oxygen atoms in total. The van der Waals surface area contributed by atoms with Gasteiger partial charge < -0.3 is 10.1 Å². The van der Waals surface area contributed by atoms with Crippen LogP contribution >= 0.6 is 23.1 Å². The maximum absolute atomic E-state index is 12.0. The molecule has 3 aromatic rings. The molecule has 0 aliphatic heterocycles. The van der Waals surface area contributed by atoms with Crippen LogP contribution in [-0.2, 0) is 4.79 Å². The van der Waals surface area contributed by atoms with Gasteiger partial charge in [0.1, 0.15) is 5.75 Å². The van der Waals surface area contributed by atoms with Crippen molar-refractivity contribution in [1.82, 2.24) is 21.0 Å². The van der Waals surface area contributed by atoms with Crippen LogP contribution in [0.3, 0.4) is 0 Å². The second kappa shape index (κ2) is 10.4. The number of carbonyl (C=O) groups is 2. The number of aromatic nitrogens is 2. The van der Waals surface area contributed by atoms with Crippen molar-refractivity contribution in [3.05, 3.63) is 64.2 Å². The fourth-order valence-electron chi connectivity index (χ4n) is 2.24. The number of carbonyl (C=O) groups excluding carboxylic acids is 2. The smallest absolute Gasteiger partial charge is 0.269 e. The van der Waals surface area contributed by atoms with Crippen molar-refractivity contribution in [3.8, 4) is 5.75 Å². The van der Waals surface area contributed by atoms with Crippen LogP contribution in [0, 0.1) is 10.1 Å². The number of nitro benzene ring substituents is 1. The summed E-state index contributed by atoms with van der Waals surface area (Å²) in [5, 5.41) is 22.3. The van der Waals surface area contributed by atoms with E-state index in [0.29, 0.717) is 15.2 Å². The zero-order valence-corrected chi connectivity index (χ0v) is 17.7. The largest absolute Gasteiger partial charge is 0.497 e. The Morgan fingerprint density at radius 2 is 1.94 bits per heavy atom. The topological polar surface area (TPSA) is 148 Å². The van der Waals surface area contributed by atoms with Crippen LogP contribution in [0.1, 0.15) is 10.4 Å². The van der Waals surface area contributed by atoms with Crippen molar-refractivity contribution in [2.45, 2.75) is 4.34 Å². The van der Waals surface area contributed by atoms with Crippen molar-refractivity contribution in [2.75, 3.05) is 18.2 Å². The minimum absolute atomic E-state index is 0.00827. The lowest BCUT2D eigenvalue weighted by molar-refractivity contribution is -0.384. The SMILES string of the molecule is COc1cccc(Nc2nnc(SCC(=O)NNC(=O)c3ccc([N+](=O)[O-])cc3)s2)c1. The Bertz CT molecular complexity index is 1090. The zero-order chi connectivity index (χ0) is 22.2. The number of non-ortho nitro benzene ring substituents is 1. The molecule has 1 heterocycles. The summed E-state index contributed by atoms with van der Waals surface area (Å²) < 4.78 is 5.74. The number of benzene rings is 2. The number of methoxy groups -OCH3 is 1. The highest BCUT2D eigenvalue weighted by Gasteiger charge is 2.12. The van der Waals surface area contributed by atoms with Crippen LogP contribution in [0.25, 0.3) is 0 Å². The van der Waals surface area contributed by atoms with Gasteiger partial charge in [-0.15, -0.1) is 10.2 Å². The number of hydrogen-bond donors (Lipinski definition) is 3. The average molecular weight is 460 g/mol. The molecule has 2 aromatic carbocycles. The summed E-state index contributed by atoms with van der Waals surface area (Å²) in [6, 6.07) is 12.4. The first-order chi connectivity index (χ1) is 14.9. The molecule has 0 radical (unpaired) electrons. The molecule has 0 saturated carbocycles. The van der Waals surface area contributed by atoms with E-state index in [1.165, 1.54) is 35.6 Å². The molecule has 1 aromatic heterocycles. The molecule has 3 rings (SSSR count). The fraction of sp³-hybridized carbons (Fsp3) is 0.111. The van der Waals surface area contributed by atoms with Gasteiger partial charge in [-0.3, -0.25) is 30.6 Å². The molecule has 0 unspecified atom stereocenters. The Balaban J connectivity index is 1.44. The zero-order valence-electron chi connectivity index (χ0n) is 16.0. The highest BCUT2D eigenvalue weighted by Crippen LogP contribution is 2.28. The second-order valence-electron chi connectivity index (χ2n) is 5.83. The van der Waals surface area contributed by atoms with Crippen LogP contribution in [0.5, 0.6) is 5.75 Å². The summed E-state index contributed by atoms with van der Waals surface area (Å²) in [7, 11) is 1.58. The molecule has 31 heavy (non-hydrogen) atoms. The number of hydrazine groups is 1. The minimum Gasteiger partial charge on any atom is -0.497 e. The summed E-state index contributed by atoms with van der Waals surface area (Å²) in [6.07, 6.45) is 0. The highest BCUT2D eigenvalue weighted by atomic mass is 32.2. The van der Waals surface area contributed by atoms with Gasteiger partial charge in [-0.05, 0) is 24.3 Å². The van der Waals surface area contributed by atoms with Crippen LogP contribution in [0.4, 0.5) is 16.5 Å². The van der Waals surface area contributed by atoms with Crippen molar-refractivity contribution < 1.29 is 19.2 Å². The van der Waals surface area contributed by atoms with Gasteiger partial charge in [-0.1, -0.05) is 29.2 Å². The van der Waals surface area contributed by atoms with Gasteiger partial charge in [-0.25, -0.2) is 0 Å². The Morgan fingerprint density at radius 3 is 2.65 bits per heavy atom. The predicted molar refractivity (Wildman–Crippen MR) is 116 cm³/mol. The van der Waals surface area contributed by atoms with Crippen molar-refractivity contribution >= 4 is 51.4 Å². The van der Waals surface area contributed by atoms with Crippen molar-refractivity contribution in [3.63, 3.8) is 0 Å². The number of thioether (sulfide) groups is 1. The monoisotopic (exact) mass is 460 g/mol. The molecule has 0 atom stereocenters. The second-order valence-corrected chi connectivity index (χ2v) is 8.03. The van der Waals surface area contributed by atoms with Gasteiger partial charge in [0.2, 0.25) is 11.0 Å². The number of rotatable bonds is 8. The third-order valence-corrected chi connectivity index (χ3v) is 5.68. The number of anilines is 2. The highest BCUT2D eigenvalue weighted by molar-refractivity contribution is 8.01. The molecule has 0 saturated heterocycles. The fourth-order valence-corrected chi connectivity index (χ4v) is 3.81. The van der Waals surface area contributed by atoms with Crippen LogP contribution in [-0.4, -0.2) is 39.8 Å². The van der Waals surface area contributed by atoms with Gasteiger partial charge in [-0.2, -0.15) is 0 Å². The number of hydrogen-bond acceptors (Lipinski definition) is 10. The molecule has 0 aliphatic carbocycles. The van der Waals surface area contributed by atoms with Crippen LogP contribution in [0.2, 0.25) is 0 Å². The van der Waals surface area contributed by atoms with Gasteiger partial charge in [0.25, 0.3) is 11.6 Å². The molecule has 0 aliphatic rings. The Morgan fingerprint density at radius 1 is 1.16 bits per heavy atom. The first kappa shape index (κ1) is 22.0. The average Bonchev–Trinajstić information content (AvgIpc) is 3.23. The molecule has 0 bridgehead atoms. The van der Waals surface area contributed by atoms with Gasteiger partial charge in [0.05, 0.1) is 17.8 Å². The van der Waals surface area contributed by atoms with E-state index in [-0.39, 0.29) is 17.0 Å². The lowest BCUT2D eigenvalue weighted by Crippen LogP contribution is -2.42. The first-order valence-corrected chi connectivity index (χ1v) is 10.5. The number of nitro groups is 1. The molecular weight excluding hydrogens is 444 g/mol. The molecule has 0 spiro atoms. The number of nitrogens with zero attached hydrogens (tertiary/aromatic N) is 3. The van der Waals surface area contributed by atoms with Crippen molar-refractivity contribution in [1.29, 1.82) is 0 Å². The maximum atomic E-state index is 12.0.